The molecule has 0 aliphatic carbocycles. The van der Waals surface area contributed by atoms with E-state index in [1.807, 2.05) is 0 Å². The number of hydrogen-bond acceptors (Lipinski definition) is 2. The maximum Gasteiger partial charge on any atom is 0.0693 e. The second-order valence-electron chi connectivity index (χ2n) is 3.78. The number of likely N-dealkylation sites (tertiary alicyclic amines) is 1. The summed E-state index contributed by atoms with van der Waals surface area (Å²) in [6.45, 7) is 7.64. The molecule has 1 aliphatic rings. The Kier molecular flexibility index (Phi) is 2.90. The lowest BCUT2D eigenvalue weighted by Crippen LogP contribution is -2.49. The SMILES string of the molecule is CC(C)N1CCC[C@@H](O)[C@H]1C. The highest BCUT2D eigenvalue weighted by Crippen LogP contribution is 2.19. The van der Waals surface area contributed by atoms with Gasteiger partial charge in [-0.1, -0.05) is 0 Å². The summed E-state index contributed by atoms with van der Waals surface area (Å²) in [5.41, 5.74) is 0. The van der Waals surface area contributed by atoms with Crippen molar-refractivity contribution < 1.29 is 5.11 Å². The molecule has 0 amide bonds. The highest BCUT2D eigenvalue weighted by molar-refractivity contribution is 4.82. The zero-order chi connectivity index (χ0) is 8.43. The van der Waals surface area contributed by atoms with Crippen LogP contribution in [0.25, 0.3) is 0 Å². The standard InChI is InChI=1S/C9H19NO/c1-7(2)10-6-4-5-9(11)8(10)3/h7-9,11H,4-6H2,1-3H3/t8-,9-/m1/s1. The first-order valence-corrected chi connectivity index (χ1v) is 4.56. The molecule has 0 unspecified atom stereocenters. The van der Waals surface area contributed by atoms with Gasteiger partial charge < -0.3 is 5.11 Å². The van der Waals surface area contributed by atoms with E-state index in [9.17, 15) is 5.11 Å². The highest BCUT2D eigenvalue weighted by Gasteiger charge is 2.27. The molecular formula is C9H19NO. The minimum atomic E-state index is -0.105. The molecule has 11 heavy (non-hydrogen) atoms. The summed E-state index contributed by atoms with van der Waals surface area (Å²) in [5.74, 6) is 0. The fourth-order valence-corrected chi connectivity index (χ4v) is 1.88. The molecule has 0 aromatic rings. The molecule has 2 atom stereocenters. The third kappa shape index (κ3) is 1.94. The smallest absolute Gasteiger partial charge is 0.0693 e. The van der Waals surface area contributed by atoms with E-state index in [4.69, 9.17) is 0 Å². The van der Waals surface area contributed by atoms with E-state index in [2.05, 4.69) is 25.7 Å². The predicted octanol–water partition coefficient (Wildman–Crippen LogP) is 1.24. The van der Waals surface area contributed by atoms with Crippen LogP contribution in [0.3, 0.4) is 0 Å². The van der Waals surface area contributed by atoms with Crippen molar-refractivity contribution in [2.24, 2.45) is 0 Å². The Bertz CT molecular complexity index is 125. The van der Waals surface area contributed by atoms with Gasteiger partial charge in [0, 0.05) is 12.1 Å². The van der Waals surface area contributed by atoms with E-state index in [-0.39, 0.29) is 6.10 Å². The lowest BCUT2D eigenvalue weighted by molar-refractivity contribution is 0.00405. The number of nitrogens with zero attached hydrogens (tertiary/aromatic N) is 1. The number of rotatable bonds is 1. The Labute approximate surface area is 69.2 Å². The molecule has 2 heteroatoms. The first-order valence-electron chi connectivity index (χ1n) is 4.56. The molecule has 1 N–H and O–H groups in total. The minimum absolute atomic E-state index is 0.105. The van der Waals surface area contributed by atoms with Crippen molar-refractivity contribution in [3.8, 4) is 0 Å². The Morgan fingerprint density at radius 3 is 2.55 bits per heavy atom. The van der Waals surface area contributed by atoms with Crippen LogP contribution in [-0.4, -0.2) is 34.7 Å². The largest absolute Gasteiger partial charge is 0.392 e. The predicted molar refractivity (Wildman–Crippen MR) is 46.5 cm³/mol. The highest BCUT2D eigenvalue weighted by atomic mass is 16.3. The van der Waals surface area contributed by atoms with Crippen LogP contribution in [0.4, 0.5) is 0 Å². The molecule has 1 heterocycles. The summed E-state index contributed by atoms with van der Waals surface area (Å²) in [5, 5.41) is 9.56. The second kappa shape index (κ2) is 3.55. The Balaban J connectivity index is 2.51. The van der Waals surface area contributed by atoms with Crippen molar-refractivity contribution >= 4 is 0 Å². The molecule has 1 aliphatic heterocycles. The zero-order valence-corrected chi connectivity index (χ0v) is 7.75. The normalized spacial score (nSPS) is 34.6. The van der Waals surface area contributed by atoms with Crippen LogP contribution in [0.15, 0.2) is 0 Å². The number of hydrogen-bond donors (Lipinski definition) is 1. The van der Waals surface area contributed by atoms with Gasteiger partial charge in [-0.15, -0.1) is 0 Å². The molecule has 0 radical (unpaired) electrons. The lowest BCUT2D eigenvalue weighted by atomic mass is 9.99. The molecule has 0 saturated carbocycles. The van der Waals surface area contributed by atoms with Gasteiger partial charge in [-0.25, -0.2) is 0 Å². The van der Waals surface area contributed by atoms with Crippen molar-refractivity contribution in [3.05, 3.63) is 0 Å². The summed E-state index contributed by atoms with van der Waals surface area (Å²) >= 11 is 0. The molecule has 1 fully saturated rings. The van der Waals surface area contributed by atoms with Crippen LogP contribution in [0.2, 0.25) is 0 Å². The van der Waals surface area contributed by atoms with Crippen molar-refractivity contribution in [1.29, 1.82) is 0 Å². The van der Waals surface area contributed by atoms with Crippen LogP contribution in [0, 0.1) is 0 Å². The second-order valence-corrected chi connectivity index (χ2v) is 3.78. The maximum atomic E-state index is 9.56. The molecule has 1 saturated heterocycles. The van der Waals surface area contributed by atoms with Crippen LogP contribution >= 0.6 is 0 Å². The Morgan fingerprint density at radius 1 is 1.45 bits per heavy atom. The van der Waals surface area contributed by atoms with E-state index >= 15 is 0 Å². The monoisotopic (exact) mass is 157 g/mol. The third-order valence-corrected chi connectivity index (χ3v) is 2.66. The molecule has 1 rings (SSSR count). The third-order valence-electron chi connectivity index (χ3n) is 2.66. The molecule has 0 bridgehead atoms. The van der Waals surface area contributed by atoms with E-state index in [0.717, 1.165) is 19.4 Å². The summed E-state index contributed by atoms with van der Waals surface area (Å²) in [4.78, 5) is 2.37. The number of piperidine rings is 1. The average molecular weight is 157 g/mol. The molecule has 66 valence electrons. The topological polar surface area (TPSA) is 23.5 Å². The van der Waals surface area contributed by atoms with Gasteiger partial charge >= 0.3 is 0 Å². The van der Waals surface area contributed by atoms with Crippen LogP contribution in [-0.2, 0) is 0 Å². The molecule has 0 spiro atoms. The van der Waals surface area contributed by atoms with Crippen molar-refractivity contribution in [1.82, 2.24) is 4.90 Å². The summed E-state index contributed by atoms with van der Waals surface area (Å²) in [6, 6.07) is 0.920. The van der Waals surface area contributed by atoms with Gasteiger partial charge in [-0.3, -0.25) is 4.90 Å². The fraction of sp³-hybridized carbons (Fsp3) is 1.00. The van der Waals surface area contributed by atoms with Crippen molar-refractivity contribution in [2.75, 3.05) is 6.54 Å². The minimum Gasteiger partial charge on any atom is -0.392 e. The Hall–Kier alpha value is -0.0800. The van der Waals surface area contributed by atoms with E-state index in [1.54, 1.807) is 0 Å². The first kappa shape index (κ1) is 9.01. The Morgan fingerprint density at radius 2 is 2.09 bits per heavy atom. The van der Waals surface area contributed by atoms with Crippen LogP contribution in [0.5, 0.6) is 0 Å². The lowest BCUT2D eigenvalue weighted by Gasteiger charge is -2.39. The fourth-order valence-electron chi connectivity index (χ4n) is 1.88. The summed E-state index contributed by atoms with van der Waals surface area (Å²) in [7, 11) is 0. The van der Waals surface area contributed by atoms with Crippen molar-refractivity contribution in [2.45, 2.75) is 51.8 Å². The van der Waals surface area contributed by atoms with Gasteiger partial charge in [0.25, 0.3) is 0 Å². The van der Waals surface area contributed by atoms with E-state index in [0.29, 0.717) is 12.1 Å². The van der Waals surface area contributed by atoms with E-state index in [1.165, 1.54) is 0 Å². The number of aliphatic hydroxyl groups is 1. The molecule has 2 nitrogen and oxygen atoms in total. The maximum absolute atomic E-state index is 9.56. The quantitative estimate of drug-likeness (QED) is 0.619. The van der Waals surface area contributed by atoms with Gasteiger partial charge in [0.05, 0.1) is 6.10 Å². The van der Waals surface area contributed by atoms with Gasteiger partial charge in [-0.05, 0) is 40.2 Å². The molecule has 0 aromatic heterocycles. The van der Waals surface area contributed by atoms with Crippen LogP contribution in [0.1, 0.15) is 33.6 Å². The van der Waals surface area contributed by atoms with Gasteiger partial charge in [0.2, 0.25) is 0 Å². The van der Waals surface area contributed by atoms with Gasteiger partial charge in [0.15, 0.2) is 0 Å². The summed E-state index contributed by atoms with van der Waals surface area (Å²) in [6.07, 6.45) is 2.01. The van der Waals surface area contributed by atoms with E-state index < -0.39 is 0 Å². The van der Waals surface area contributed by atoms with Gasteiger partial charge in [-0.2, -0.15) is 0 Å². The zero-order valence-electron chi connectivity index (χ0n) is 7.75. The average Bonchev–Trinajstić information content (AvgIpc) is 1.94. The number of aliphatic hydroxyl groups excluding tert-OH is 1. The van der Waals surface area contributed by atoms with Gasteiger partial charge in [0.1, 0.15) is 0 Å². The van der Waals surface area contributed by atoms with Crippen LogP contribution < -0.4 is 0 Å². The first-order chi connectivity index (χ1) is 5.13. The summed E-state index contributed by atoms with van der Waals surface area (Å²) < 4.78 is 0. The molecular weight excluding hydrogens is 138 g/mol. The van der Waals surface area contributed by atoms with Crippen molar-refractivity contribution in [3.63, 3.8) is 0 Å². The molecule has 0 aromatic carbocycles.